The molecule has 35 heavy (non-hydrogen) atoms. The SMILES string of the molecule is CC(=O)OC[C@H]1O[C@@H](SCC(=O)OCc2ccccc2)[C@H](OC(C)=O)[C@@H](OC(C)=O)[C@H]1OC(C)=O. The van der Waals surface area contributed by atoms with Gasteiger partial charge >= 0.3 is 29.8 Å². The van der Waals surface area contributed by atoms with Crippen LogP contribution in [0, 0.1) is 0 Å². The molecule has 0 spiro atoms. The lowest BCUT2D eigenvalue weighted by molar-refractivity contribution is -0.237. The molecular weight excluding hydrogens is 484 g/mol. The fourth-order valence-electron chi connectivity index (χ4n) is 3.25. The van der Waals surface area contributed by atoms with Crippen molar-refractivity contribution in [2.45, 2.75) is 64.2 Å². The quantitative estimate of drug-likeness (QED) is 0.332. The molecule has 192 valence electrons. The normalized spacial score (nSPS) is 23.5. The highest BCUT2D eigenvalue weighted by Gasteiger charge is 2.52. The molecule has 0 amide bonds. The summed E-state index contributed by atoms with van der Waals surface area (Å²) >= 11 is 0.934. The van der Waals surface area contributed by atoms with Crippen LogP contribution in [0.5, 0.6) is 0 Å². The van der Waals surface area contributed by atoms with Gasteiger partial charge in [0.1, 0.15) is 24.8 Å². The third-order valence-electron chi connectivity index (χ3n) is 4.56. The van der Waals surface area contributed by atoms with Crippen LogP contribution in [0.2, 0.25) is 0 Å². The summed E-state index contributed by atoms with van der Waals surface area (Å²) in [6.07, 6.45) is -4.84. The summed E-state index contributed by atoms with van der Waals surface area (Å²) in [5.74, 6) is -3.54. The number of carbonyl (C=O) groups is 5. The Kier molecular flexibility index (Phi) is 11.0. The van der Waals surface area contributed by atoms with E-state index >= 15 is 0 Å². The van der Waals surface area contributed by atoms with Crippen LogP contribution in [0.25, 0.3) is 0 Å². The topological polar surface area (TPSA) is 141 Å². The monoisotopic (exact) mass is 512 g/mol. The van der Waals surface area contributed by atoms with E-state index in [0.29, 0.717) is 0 Å². The van der Waals surface area contributed by atoms with Gasteiger partial charge < -0.3 is 28.4 Å². The largest absolute Gasteiger partial charge is 0.463 e. The Morgan fingerprint density at radius 3 is 1.91 bits per heavy atom. The first-order valence-electron chi connectivity index (χ1n) is 10.7. The fourth-order valence-corrected chi connectivity index (χ4v) is 4.26. The van der Waals surface area contributed by atoms with Gasteiger partial charge in [0.15, 0.2) is 18.3 Å². The lowest BCUT2D eigenvalue weighted by Gasteiger charge is -2.44. The Bertz CT molecular complexity index is 904. The maximum Gasteiger partial charge on any atom is 0.316 e. The van der Waals surface area contributed by atoms with E-state index in [-0.39, 0.29) is 19.0 Å². The first-order valence-corrected chi connectivity index (χ1v) is 11.7. The van der Waals surface area contributed by atoms with E-state index in [0.717, 1.165) is 38.1 Å². The molecular formula is C23H28O11S. The molecule has 1 aromatic rings. The van der Waals surface area contributed by atoms with Gasteiger partial charge in [-0.1, -0.05) is 30.3 Å². The molecule has 0 bridgehead atoms. The van der Waals surface area contributed by atoms with E-state index < -0.39 is 59.7 Å². The van der Waals surface area contributed by atoms with Gasteiger partial charge in [-0.15, -0.1) is 11.8 Å². The smallest absolute Gasteiger partial charge is 0.316 e. The van der Waals surface area contributed by atoms with Crippen molar-refractivity contribution in [1.82, 2.24) is 0 Å². The van der Waals surface area contributed by atoms with Crippen LogP contribution in [0.3, 0.4) is 0 Å². The minimum Gasteiger partial charge on any atom is -0.463 e. The molecule has 1 aliphatic rings. The number of hydrogen-bond donors (Lipinski definition) is 0. The average Bonchev–Trinajstić information content (AvgIpc) is 2.78. The van der Waals surface area contributed by atoms with Gasteiger partial charge in [0.25, 0.3) is 0 Å². The molecule has 5 atom stereocenters. The standard InChI is InChI=1S/C23H28O11S/c1-13(24)29-11-18-20(31-14(2)25)21(32-15(3)26)22(33-16(4)27)23(34-18)35-12-19(28)30-10-17-8-6-5-7-9-17/h5-9,18,20-23H,10-12H2,1-4H3/t18-,20+,21+,22-,23+/m1/s1. The van der Waals surface area contributed by atoms with Crippen molar-refractivity contribution in [3.8, 4) is 0 Å². The van der Waals surface area contributed by atoms with E-state index in [1.54, 1.807) is 12.1 Å². The molecule has 0 aromatic heterocycles. The average molecular weight is 513 g/mol. The van der Waals surface area contributed by atoms with Gasteiger partial charge in [0, 0.05) is 27.7 Å². The number of rotatable bonds is 10. The molecule has 1 heterocycles. The second-order valence-corrected chi connectivity index (χ2v) is 8.61. The molecule has 0 unspecified atom stereocenters. The van der Waals surface area contributed by atoms with E-state index in [1.165, 1.54) is 6.92 Å². The zero-order valence-corrected chi connectivity index (χ0v) is 20.6. The zero-order valence-electron chi connectivity index (χ0n) is 19.8. The van der Waals surface area contributed by atoms with Crippen LogP contribution in [-0.4, -0.2) is 72.1 Å². The van der Waals surface area contributed by atoms with E-state index in [4.69, 9.17) is 28.4 Å². The van der Waals surface area contributed by atoms with Gasteiger partial charge in [0.05, 0.1) is 5.75 Å². The number of hydrogen-bond acceptors (Lipinski definition) is 12. The summed E-state index contributed by atoms with van der Waals surface area (Å²) in [5, 5.41) is 0. The summed E-state index contributed by atoms with van der Waals surface area (Å²) in [4.78, 5) is 59.1. The summed E-state index contributed by atoms with van der Waals surface area (Å²) in [5.41, 5.74) is -0.238. The molecule has 1 aromatic carbocycles. The lowest BCUT2D eigenvalue weighted by atomic mass is 9.99. The second-order valence-electron chi connectivity index (χ2n) is 7.52. The molecule has 1 fully saturated rings. The first kappa shape index (κ1) is 28.1. The summed E-state index contributed by atoms with van der Waals surface area (Å²) in [6, 6.07) is 9.08. The Morgan fingerprint density at radius 2 is 1.34 bits per heavy atom. The van der Waals surface area contributed by atoms with Crippen molar-refractivity contribution < 1.29 is 52.4 Å². The first-order chi connectivity index (χ1) is 16.6. The fraction of sp³-hybridized carbons (Fsp3) is 0.522. The van der Waals surface area contributed by atoms with Crippen molar-refractivity contribution in [3.63, 3.8) is 0 Å². The second kappa shape index (κ2) is 13.7. The molecule has 11 nitrogen and oxygen atoms in total. The van der Waals surface area contributed by atoms with Crippen molar-refractivity contribution in [3.05, 3.63) is 35.9 Å². The highest BCUT2D eigenvalue weighted by Crippen LogP contribution is 2.34. The molecule has 12 heteroatoms. The van der Waals surface area contributed by atoms with Gasteiger partial charge in [-0.2, -0.15) is 0 Å². The number of carbonyl (C=O) groups excluding carboxylic acids is 5. The predicted octanol–water partition coefficient (Wildman–Crippen LogP) is 1.55. The molecule has 0 aliphatic carbocycles. The minimum atomic E-state index is -1.28. The molecule has 0 radical (unpaired) electrons. The summed E-state index contributed by atoms with van der Waals surface area (Å²) < 4.78 is 32.2. The van der Waals surface area contributed by atoms with Gasteiger partial charge in [0.2, 0.25) is 0 Å². The number of ether oxygens (including phenoxy) is 6. The van der Waals surface area contributed by atoms with Crippen molar-refractivity contribution in [1.29, 1.82) is 0 Å². The Morgan fingerprint density at radius 1 is 0.771 bits per heavy atom. The molecule has 0 saturated carbocycles. The maximum absolute atomic E-state index is 12.3. The van der Waals surface area contributed by atoms with Crippen LogP contribution in [-0.2, 0) is 59.0 Å². The van der Waals surface area contributed by atoms with E-state index in [1.807, 2.05) is 18.2 Å². The zero-order chi connectivity index (χ0) is 26.0. The summed E-state index contributed by atoms with van der Waals surface area (Å²) in [7, 11) is 0. The van der Waals surface area contributed by atoms with Crippen molar-refractivity contribution >= 4 is 41.6 Å². The van der Waals surface area contributed by atoms with Crippen molar-refractivity contribution in [2.24, 2.45) is 0 Å². The third kappa shape index (κ3) is 9.57. The molecule has 1 aliphatic heterocycles. The maximum atomic E-state index is 12.3. The number of benzene rings is 1. The van der Waals surface area contributed by atoms with Crippen LogP contribution >= 0.6 is 11.8 Å². The highest BCUT2D eigenvalue weighted by molar-refractivity contribution is 8.00. The molecule has 2 rings (SSSR count). The predicted molar refractivity (Wildman–Crippen MR) is 121 cm³/mol. The van der Waals surface area contributed by atoms with E-state index in [9.17, 15) is 24.0 Å². The Balaban J connectivity index is 2.21. The minimum absolute atomic E-state index is 0.0683. The number of esters is 5. The Hall–Kier alpha value is -3.12. The van der Waals surface area contributed by atoms with Gasteiger partial charge in [-0.05, 0) is 5.56 Å². The Labute approximate surface area is 206 Å². The van der Waals surface area contributed by atoms with Crippen LogP contribution < -0.4 is 0 Å². The molecule has 1 saturated heterocycles. The van der Waals surface area contributed by atoms with Crippen molar-refractivity contribution in [2.75, 3.05) is 12.4 Å². The third-order valence-corrected chi connectivity index (χ3v) is 5.67. The van der Waals surface area contributed by atoms with Gasteiger partial charge in [-0.25, -0.2) is 0 Å². The molecule has 0 N–H and O–H groups in total. The lowest BCUT2D eigenvalue weighted by Crippen LogP contribution is -2.61. The van der Waals surface area contributed by atoms with Crippen LogP contribution in [0.1, 0.15) is 33.3 Å². The van der Waals surface area contributed by atoms with Gasteiger partial charge in [-0.3, -0.25) is 24.0 Å². The highest BCUT2D eigenvalue weighted by atomic mass is 32.2. The number of thioether (sulfide) groups is 1. The van der Waals surface area contributed by atoms with Crippen LogP contribution in [0.4, 0.5) is 0 Å². The van der Waals surface area contributed by atoms with E-state index in [2.05, 4.69) is 0 Å². The summed E-state index contributed by atoms with van der Waals surface area (Å²) in [6.45, 7) is 4.33. The van der Waals surface area contributed by atoms with Crippen LogP contribution in [0.15, 0.2) is 30.3 Å².